The summed E-state index contributed by atoms with van der Waals surface area (Å²) in [5, 5.41) is 30.8. The van der Waals surface area contributed by atoms with E-state index in [1.165, 1.54) is 0 Å². The van der Waals surface area contributed by atoms with E-state index in [1.807, 2.05) is 48.6 Å². The molecule has 3 aromatic carbocycles. The van der Waals surface area contributed by atoms with Crippen molar-refractivity contribution >= 4 is 11.4 Å². The number of ether oxygens (including phenoxy) is 1. The number of allylic oxidation sites excluding steroid dienone is 4. The van der Waals surface area contributed by atoms with Crippen LogP contribution in [0.25, 0.3) is 0 Å². The molecule has 0 radical (unpaired) electrons. The molecule has 4 rings (SSSR count). The zero-order chi connectivity index (χ0) is 26.2. The maximum atomic E-state index is 10.7. The van der Waals surface area contributed by atoms with Crippen LogP contribution in [0.4, 0.5) is 0 Å². The van der Waals surface area contributed by atoms with Gasteiger partial charge in [0.1, 0.15) is 17.2 Å². The first kappa shape index (κ1) is 25.9. The summed E-state index contributed by atoms with van der Waals surface area (Å²) in [7, 11) is 1.56. The lowest BCUT2D eigenvalue weighted by molar-refractivity contribution is 0.281. The van der Waals surface area contributed by atoms with Crippen LogP contribution in [0.5, 0.6) is 17.2 Å². The number of aliphatic hydroxyl groups excluding tert-OH is 1. The topological polar surface area (TPSA) is 94.6 Å². The maximum absolute atomic E-state index is 10.7. The highest BCUT2D eigenvalue weighted by atomic mass is 16.5. The van der Waals surface area contributed by atoms with Gasteiger partial charge in [-0.25, -0.2) is 0 Å². The van der Waals surface area contributed by atoms with Crippen LogP contribution < -0.4 is 4.74 Å². The second-order valence-corrected chi connectivity index (χ2v) is 8.91. The Hall–Kier alpha value is -4.16. The van der Waals surface area contributed by atoms with E-state index in [9.17, 15) is 15.3 Å². The molecular weight excluding hydrogens is 464 g/mol. The predicted molar refractivity (Wildman–Crippen MR) is 148 cm³/mol. The summed E-state index contributed by atoms with van der Waals surface area (Å²) in [5.74, 6) is 0.961. The van der Waals surface area contributed by atoms with Gasteiger partial charge in [0.25, 0.3) is 0 Å². The largest absolute Gasteiger partial charge is 0.507 e. The summed E-state index contributed by atoms with van der Waals surface area (Å²) in [6, 6.07) is 20.1. The monoisotopic (exact) mass is 496 g/mol. The Balaban J connectivity index is 1.67. The Morgan fingerprint density at radius 1 is 0.838 bits per heavy atom. The summed E-state index contributed by atoms with van der Waals surface area (Å²) in [4.78, 5) is 9.75. The average Bonchev–Trinajstić information content (AvgIpc) is 2.92. The molecule has 190 valence electrons. The number of methoxy groups -OCH3 is 1. The third-order valence-electron chi connectivity index (χ3n) is 6.41. The lowest BCUT2D eigenvalue weighted by Gasteiger charge is -2.23. The van der Waals surface area contributed by atoms with E-state index >= 15 is 0 Å². The van der Waals surface area contributed by atoms with E-state index < -0.39 is 0 Å². The summed E-state index contributed by atoms with van der Waals surface area (Å²) in [6.07, 6.45) is 8.23. The molecule has 6 heteroatoms. The van der Waals surface area contributed by atoms with Gasteiger partial charge < -0.3 is 20.1 Å². The van der Waals surface area contributed by atoms with Crippen molar-refractivity contribution in [2.45, 2.75) is 13.5 Å². The van der Waals surface area contributed by atoms with Crippen molar-refractivity contribution in [2.24, 2.45) is 21.8 Å². The van der Waals surface area contributed by atoms with Crippen LogP contribution in [0.1, 0.15) is 29.2 Å². The number of rotatable bonds is 9. The average molecular weight is 497 g/mol. The molecule has 0 bridgehead atoms. The SMILES string of the molecule is COc1ccc(/C(=N/CC/N=C(/c2ccc(CO)cc2O)C2C=CC=CC2C)c2ccccc2)c(O)c1. The van der Waals surface area contributed by atoms with Gasteiger partial charge in [-0.15, -0.1) is 0 Å². The normalized spacial score (nSPS) is 17.7. The number of phenols is 2. The van der Waals surface area contributed by atoms with E-state index in [-0.39, 0.29) is 29.9 Å². The molecule has 0 amide bonds. The van der Waals surface area contributed by atoms with Crippen LogP contribution in [-0.2, 0) is 6.61 Å². The Morgan fingerprint density at radius 2 is 1.54 bits per heavy atom. The number of hydrogen-bond donors (Lipinski definition) is 3. The van der Waals surface area contributed by atoms with Crippen LogP contribution in [-0.4, -0.2) is 46.9 Å². The highest BCUT2D eigenvalue weighted by molar-refractivity contribution is 6.14. The number of phenolic OH excluding ortho intramolecular Hbond substituents is 2. The molecule has 3 aromatic rings. The molecule has 0 saturated carbocycles. The molecule has 1 aliphatic carbocycles. The lowest BCUT2D eigenvalue weighted by Crippen LogP contribution is -2.22. The second-order valence-electron chi connectivity index (χ2n) is 8.91. The van der Waals surface area contributed by atoms with Crippen molar-refractivity contribution < 1.29 is 20.1 Å². The van der Waals surface area contributed by atoms with E-state index in [1.54, 1.807) is 37.4 Å². The smallest absolute Gasteiger partial charge is 0.128 e. The van der Waals surface area contributed by atoms with Crippen LogP contribution in [0.15, 0.2) is 101 Å². The number of nitrogens with zero attached hydrogens (tertiary/aromatic N) is 2. The Labute approximate surface area is 217 Å². The minimum atomic E-state index is -0.141. The van der Waals surface area contributed by atoms with Gasteiger partial charge in [0.2, 0.25) is 0 Å². The van der Waals surface area contributed by atoms with E-state index in [0.29, 0.717) is 41.2 Å². The van der Waals surface area contributed by atoms with Gasteiger partial charge in [0.05, 0.1) is 38.2 Å². The zero-order valence-corrected chi connectivity index (χ0v) is 21.1. The van der Waals surface area contributed by atoms with Gasteiger partial charge in [-0.2, -0.15) is 0 Å². The molecule has 2 unspecified atom stereocenters. The van der Waals surface area contributed by atoms with Crippen LogP contribution in [0, 0.1) is 11.8 Å². The minimum absolute atomic E-state index is 0.000850. The van der Waals surface area contributed by atoms with Crippen molar-refractivity contribution in [1.82, 2.24) is 0 Å². The number of hydrogen-bond acceptors (Lipinski definition) is 6. The van der Waals surface area contributed by atoms with E-state index in [0.717, 1.165) is 11.3 Å². The van der Waals surface area contributed by atoms with Crippen LogP contribution in [0.3, 0.4) is 0 Å². The Morgan fingerprint density at radius 3 is 2.22 bits per heavy atom. The summed E-state index contributed by atoms with van der Waals surface area (Å²) >= 11 is 0. The molecule has 0 saturated heterocycles. The number of aromatic hydroxyl groups is 2. The molecular formula is C31H32N2O4. The summed E-state index contributed by atoms with van der Waals surface area (Å²) < 4.78 is 5.23. The summed E-state index contributed by atoms with van der Waals surface area (Å²) in [6.45, 7) is 2.76. The van der Waals surface area contributed by atoms with Gasteiger partial charge in [0.15, 0.2) is 0 Å². The van der Waals surface area contributed by atoms with Gasteiger partial charge in [0, 0.05) is 28.7 Å². The third-order valence-corrected chi connectivity index (χ3v) is 6.41. The molecule has 37 heavy (non-hydrogen) atoms. The van der Waals surface area contributed by atoms with Gasteiger partial charge >= 0.3 is 0 Å². The van der Waals surface area contributed by atoms with Crippen molar-refractivity contribution in [2.75, 3.05) is 20.2 Å². The highest BCUT2D eigenvalue weighted by Gasteiger charge is 2.23. The quantitative estimate of drug-likeness (QED) is 0.277. The molecule has 0 fully saturated rings. The fourth-order valence-corrected chi connectivity index (χ4v) is 4.42. The molecule has 0 heterocycles. The summed E-state index contributed by atoms with van der Waals surface area (Å²) in [5.41, 5.74) is 4.24. The zero-order valence-electron chi connectivity index (χ0n) is 21.1. The molecule has 0 aromatic heterocycles. The van der Waals surface area contributed by atoms with Crippen molar-refractivity contribution in [3.05, 3.63) is 113 Å². The van der Waals surface area contributed by atoms with Crippen molar-refractivity contribution in [3.8, 4) is 17.2 Å². The predicted octanol–water partition coefficient (Wildman–Crippen LogP) is 5.30. The lowest BCUT2D eigenvalue weighted by atomic mass is 9.83. The van der Waals surface area contributed by atoms with Crippen molar-refractivity contribution in [1.29, 1.82) is 0 Å². The van der Waals surface area contributed by atoms with Crippen molar-refractivity contribution in [3.63, 3.8) is 0 Å². The third kappa shape index (κ3) is 6.16. The standard InChI is InChI=1S/C31H32N2O4/c1-21-8-6-7-11-25(21)31(27-14-12-22(20-34)18-28(27)35)33-17-16-32-30(23-9-4-3-5-10-23)26-15-13-24(37-2)19-29(26)36/h3-15,18-19,21,25,34-36H,16-17,20H2,1-2H3/b32-30+,33-31+. The number of aliphatic hydroxyl groups is 1. The molecule has 0 spiro atoms. The second kappa shape index (κ2) is 12.2. The van der Waals surface area contributed by atoms with E-state index in [4.69, 9.17) is 14.7 Å². The Bertz CT molecular complexity index is 1340. The highest BCUT2D eigenvalue weighted by Crippen LogP contribution is 2.30. The number of benzene rings is 3. The molecule has 2 atom stereocenters. The number of aliphatic imine (C=N–C) groups is 2. The minimum Gasteiger partial charge on any atom is -0.507 e. The fourth-order valence-electron chi connectivity index (χ4n) is 4.42. The molecule has 3 N–H and O–H groups in total. The van der Waals surface area contributed by atoms with Crippen LogP contribution >= 0.6 is 0 Å². The fraction of sp³-hybridized carbons (Fsp3) is 0.226. The van der Waals surface area contributed by atoms with Gasteiger partial charge in [-0.3, -0.25) is 9.98 Å². The van der Waals surface area contributed by atoms with Crippen LogP contribution in [0.2, 0.25) is 0 Å². The molecule has 6 nitrogen and oxygen atoms in total. The first-order valence-corrected chi connectivity index (χ1v) is 12.3. The van der Waals surface area contributed by atoms with E-state index in [2.05, 4.69) is 19.1 Å². The Kier molecular flexibility index (Phi) is 8.54. The first-order chi connectivity index (χ1) is 18.0. The van der Waals surface area contributed by atoms with Gasteiger partial charge in [-0.1, -0.05) is 67.6 Å². The molecule has 1 aliphatic rings. The van der Waals surface area contributed by atoms with Gasteiger partial charge in [-0.05, 0) is 35.7 Å². The first-order valence-electron chi connectivity index (χ1n) is 12.3. The molecule has 0 aliphatic heterocycles. The maximum Gasteiger partial charge on any atom is 0.128 e.